The molecule has 0 radical (unpaired) electrons. The molecule has 184 valence electrons. The lowest BCUT2D eigenvalue weighted by molar-refractivity contribution is -0.137. The minimum Gasteiger partial charge on any atom is -0.347 e. The number of benzene rings is 2. The number of hydrogen-bond acceptors (Lipinski definition) is 2. The molecule has 0 bridgehead atoms. The van der Waals surface area contributed by atoms with Crippen molar-refractivity contribution in [3.63, 3.8) is 0 Å². The second-order valence-corrected chi connectivity index (χ2v) is 10.1. The lowest BCUT2D eigenvalue weighted by Crippen LogP contribution is -2.04. The van der Waals surface area contributed by atoms with E-state index >= 15 is 0 Å². The summed E-state index contributed by atoms with van der Waals surface area (Å²) in [6, 6.07) is 13.6. The van der Waals surface area contributed by atoms with E-state index < -0.39 is 11.7 Å². The predicted molar refractivity (Wildman–Crippen MR) is 142 cm³/mol. The molecule has 2 aromatic heterocycles. The second kappa shape index (κ2) is 11.5. The minimum atomic E-state index is -4.37. The maximum atomic E-state index is 12.5. The van der Waals surface area contributed by atoms with Crippen LogP contribution in [0.1, 0.15) is 16.7 Å². The number of H-pyrrole nitrogens is 2. The monoisotopic (exact) mass is 696 g/mol. The van der Waals surface area contributed by atoms with Crippen LogP contribution in [0.5, 0.6) is 0 Å². The third-order valence-corrected chi connectivity index (χ3v) is 7.94. The molecule has 0 unspecified atom stereocenters. The molecule has 0 aliphatic heterocycles. The number of aromatic nitrogens is 2. The molecule has 2 N–H and O–H groups in total. The first-order valence-electron chi connectivity index (χ1n) is 9.46. The van der Waals surface area contributed by atoms with E-state index in [4.69, 9.17) is 56.9 Å². The van der Waals surface area contributed by atoms with Crippen molar-refractivity contribution in [3.8, 4) is 34.7 Å². The van der Waals surface area contributed by atoms with Gasteiger partial charge in [-0.1, -0.05) is 58.5 Å². The Hall–Kier alpha value is -2.11. The van der Waals surface area contributed by atoms with Gasteiger partial charge in [-0.25, -0.2) is 0 Å². The first-order chi connectivity index (χ1) is 16.9. The molecule has 36 heavy (non-hydrogen) atoms. The number of hydrogen-bond donors (Lipinski definition) is 2. The summed E-state index contributed by atoms with van der Waals surface area (Å²) in [5.41, 5.74) is 1.98. The minimum absolute atomic E-state index is 0.190. The highest BCUT2D eigenvalue weighted by atomic mass is 79.9. The highest BCUT2D eigenvalue weighted by molar-refractivity contribution is 9.13. The van der Waals surface area contributed by atoms with Gasteiger partial charge in [0.15, 0.2) is 0 Å². The normalized spacial score (nSPS) is 10.9. The number of halogens is 9. The van der Waals surface area contributed by atoms with E-state index in [0.29, 0.717) is 47.2 Å². The van der Waals surface area contributed by atoms with Gasteiger partial charge in [0.25, 0.3) is 0 Å². The van der Waals surface area contributed by atoms with Gasteiger partial charge in [0, 0.05) is 10.6 Å². The molecular formula is C23H9Br2Cl4F3N4. The summed E-state index contributed by atoms with van der Waals surface area (Å²) in [6.07, 6.45) is -4.37. The van der Waals surface area contributed by atoms with Crippen molar-refractivity contribution >= 4 is 78.3 Å². The van der Waals surface area contributed by atoms with Crippen LogP contribution in [0.15, 0.2) is 51.5 Å². The Morgan fingerprint density at radius 3 is 1.94 bits per heavy atom. The quantitative estimate of drug-likeness (QED) is 0.218. The van der Waals surface area contributed by atoms with Crippen LogP contribution < -0.4 is 0 Å². The van der Waals surface area contributed by atoms with Gasteiger partial charge in [-0.05, 0) is 67.8 Å². The zero-order chi connectivity index (χ0) is 26.8. The van der Waals surface area contributed by atoms with Crippen molar-refractivity contribution in [1.29, 1.82) is 10.5 Å². The van der Waals surface area contributed by atoms with E-state index in [1.165, 1.54) is 12.1 Å². The third kappa shape index (κ3) is 6.06. The van der Waals surface area contributed by atoms with Crippen molar-refractivity contribution in [2.24, 2.45) is 0 Å². The number of rotatable bonds is 2. The molecule has 4 nitrogen and oxygen atoms in total. The number of nitriles is 2. The van der Waals surface area contributed by atoms with Crippen molar-refractivity contribution in [1.82, 2.24) is 9.97 Å². The average Bonchev–Trinajstić information content (AvgIpc) is 3.28. The molecule has 0 fully saturated rings. The number of nitrogens with one attached hydrogen (secondary N) is 2. The Kier molecular flexibility index (Phi) is 9.11. The Morgan fingerprint density at radius 1 is 0.806 bits per heavy atom. The van der Waals surface area contributed by atoms with Crippen LogP contribution in [0.4, 0.5) is 13.2 Å². The van der Waals surface area contributed by atoms with Crippen LogP contribution in [0.3, 0.4) is 0 Å². The largest absolute Gasteiger partial charge is 0.416 e. The third-order valence-electron chi connectivity index (χ3n) is 4.72. The number of nitrogens with zero attached hydrogens (tertiary/aromatic N) is 2. The van der Waals surface area contributed by atoms with Gasteiger partial charge in [0.05, 0.1) is 47.2 Å². The smallest absolute Gasteiger partial charge is 0.347 e. The predicted octanol–water partition coefficient (Wildman–Crippen LogP) is 10.3. The molecule has 0 aliphatic rings. The fourth-order valence-corrected chi connectivity index (χ4v) is 4.70. The van der Waals surface area contributed by atoms with Crippen LogP contribution in [-0.2, 0) is 6.18 Å². The summed E-state index contributed by atoms with van der Waals surface area (Å²) in [6.45, 7) is 0. The molecule has 0 spiro atoms. The summed E-state index contributed by atoms with van der Waals surface area (Å²) in [4.78, 5) is 5.73. The van der Waals surface area contributed by atoms with Gasteiger partial charge in [0.1, 0.15) is 17.3 Å². The summed E-state index contributed by atoms with van der Waals surface area (Å²) in [5, 5.41) is 19.4. The molecule has 0 atom stereocenters. The van der Waals surface area contributed by atoms with Gasteiger partial charge in [0.2, 0.25) is 0 Å². The van der Waals surface area contributed by atoms with Gasteiger partial charge in [-0.15, -0.1) is 0 Å². The maximum Gasteiger partial charge on any atom is 0.416 e. The topological polar surface area (TPSA) is 79.2 Å². The van der Waals surface area contributed by atoms with Crippen molar-refractivity contribution in [2.45, 2.75) is 6.18 Å². The first-order valence-corrected chi connectivity index (χ1v) is 12.6. The first kappa shape index (κ1) is 28.5. The molecule has 2 heterocycles. The van der Waals surface area contributed by atoms with Gasteiger partial charge >= 0.3 is 6.18 Å². The van der Waals surface area contributed by atoms with E-state index in [2.05, 4.69) is 41.8 Å². The summed E-state index contributed by atoms with van der Waals surface area (Å²) in [7, 11) is 0. The lowest BCUT2D eigenvalue weighted by atomic mass is 10.1. The number of alkyl halides is 3. The van der Waals surface area contributed by atoms with E-state index in [9.17, 15) is 13.2 Å². The molecule has 2 aromatic carbocycles. The summed E-state index contributed by atoms with van der Waals surface area (Å²) in [5.74, 6) is 0. The van der Waals surface area contributed by atoms with Crippen LogP contribution in [0, 0.1) is 22.7 Å². The van der Waals surface area contributed by atoms with Crippen LogP contribution >= 0.6 is 78.3 Å². The van der Waals surface area contributed by atoms with Crippen molar-refractivity contribution in [3.05, 3.63) is 88.5 Å². The van der Waals surface area contributed by atoms with E-state index in [0.717, 1.165) is 12.1 Å². The molecule has 4 rings (SSSR count). The Balaban J connectivity index is 0.000000202. The zero-order valence-electron chi connectivity index (χ0n) is 17.3. The fourth-order valence-electron chi connectivity index (χ4n) is 3.04. The Bertz CT molecular complexity index is 1510. The second-order valence-electron chi connectivity index (χ2n) is 6.93. The Morgan fingerprint density at radius 2 is 1.42 bits per heavy atom. The number of aromatic amines is 2. The molecule has 0 aliphatic carbocycles. The highest BCUT2D eigenvalue weighted by Crippen LogP contribution is 2.38. The summed E-state index contributed by atoms with van der Waals surface area (Å²) < 4.78 is 38.5. The molecule has 13 heteroatoms. The van der Waals surface area contributed by atoms with Crippen molar-refractivity contribution < 1.29 is 13.2 Å². The standard InChI is InChI=1S/C12H5Br2F3N2.C11H4Cl4N2/c13-9-8(5-18)10(19-11(9)14)6-1-3-7(4-2-6)12(15,16)17;12-5-1-2-6(8(13)3-5)10-7(4-16)9(14)11(15)17-10/h1-4,19H;1-3,17H. The van der Waals surface area contributed by atoms with Crippen LogP contribution in [-0.4, -0.2) is 9.97 Å². The highest BCUT2D eigenvalue weighted by Gasteiger charge is 2.30. The summed E-state index contributed by atoms with van der Waals surface area (Å²) >= 11 is 30.0. The average molecular weight is 700 g/mol. The van der Waals surface area contributed by atoms with Gasteiger partial charge in [-0.3, -0.25) is 0 Å². The molecule has 4 aromatic rings. The molecule has 0 saturated heterocycles. The fraction of sp³-hybridized carbons (Fsp3) is 0.0435. The Labute approximate surface area is 239 Å². The molecule has 0 amide bonds. The van der Waals surface area contributed by atoms with E-state index in [1.54, 1.807) is 18.2 Å². The lowest BCUT2D eigenvalue weighted by Gasteiger charge is -2.07. The maximum absolute atomic E-state index is 12.5. The van der Waals surface area contributed by atoms with Crippen LogP contribution in [0.2, 0.25) is 20.2 Å². The SMILES string of the molecule is N#Cc1c(-c2ccc(C(F)(F)F)cc2)[nH]c(Br)c1Br.N#Cc1c(-c2ccc(Cl)cc2Cl)[nH]c(Cl)c1Cl. The zero-order valence-corrected chi connectivity index (χ0v) is 23.5. The van der Waals surface area contributed by atoms with E-state index in [1.807, 2.05) is 12.1 Å². The molecule has 0 saturated carbocycles. The van der Waals surface area contributed by atoms with Gasteiger partial charge < -0.3 is 9.97 Å². The van der Waals surface area contributed by atoms with Crippen LogP contribution in [0.25, 0.3) is 22.5 Å². The van der Waals surface area contributed by atoms with Crippen molar-refractivity contribution in [2.75, 3.05) is 0 Å². The van der Waals surface area contributed by atoms with E-state index in [-0.39, 0.29) is 15.7 Å². The van der Waals surface area contributed by atoms with Gasteiger partial charge in [-0.2, -0.15) is 23.7 Å². The molecular weight excluding hydrogens is 691 g/mol.